The summed E-state index contributed by atoms with van der Waals surface area (Å²) >= 11 is 0. The summed E-state index contributed by atoms with van der Waals surface area (Å²) in [4.78, 5) is 32.1. The van der Waals surface area contributed by atoms with Crippen molar-refractivity contribution in [2.24, 2.45) is 7.05 Å². The molecule has 0 unspecified atom stereocenters. The lowest BCUT2D eigenvalue weighted by atomic mass is 10.0. The lowest BCUT2D eigenvalue weighted by molar-refractivity contribution is 0.215. The zero-order valence-corrected chi connectivity index (χ0v) is 18.6. The van der Waals surface area contributed by atoms with Gasteiger partial charge in [-0.2, -0.15) is 4.73 Å². The van der Waals surface area contributed by atoms with Gasteiger partial charge < -0.3 is 4.84 Å². The molecule has 6 rings (SSSR count). The van der Waals surface area contributed by atoms with E-state index in [1.165, 1.54) is 4.73 Å². The predicted octanol–water partition coefficient (Wildman–Crippen LogP) is 4.29. The molecule has 166 valence electrons. The molecule has 0 radical (unpaired) electrons. The number of rotatable bonds is 4. The first-order chi connectivity index (χ1) is 16.6. The molecule has 0 fully saturated rings. The van der Waals surface area contributed by atoms with E-state index < -0.39 is 0 Å². The summed E-state index contributed by atoms with van der Waals surface area (Å²) in [7, 11) is 1.77. The molecule has 8 heteroatoms. The number of fused-ring (bicyclic) bond motifs is 3. The Balaban J connectivity index is 1.58. The van der Waals surface area contributed by atoms with Crippen molar-refractivity contribution >= 4 is 21.9 Å². The highest BCUT2D eigenvalue weighted by Crippen LogP contribution is 2.31. The maximum absolute atomic E-state index is 13.4. The Kier molecular flexibility index (Phi) is 4.51. The van der Waals surface area contributed by atoms with Crippen LogP contribution in [0.4, 0.5) is 0 Å². The number of nitrogens with zero attached hydrogens (tertiary/aromatic N) is 6. The van der Waals surface area contributed by atoms with Gasteiger partial charge in [-0.3, -0.25) is 19.1 Å². The summed E-state index contributed by atoms with van der Waals surface area (Å²) in [6.45, 7) is 1.96. The third kappa shape index (κ3) is 3.15. The second kappa shape index (κ2) is 7.70. The van der Waals surface area contributed by atoms with Crippen molar-refractivity contribution in [3.8, 4) is 22.6 Å². The minimum absolute atomic E-state index is 0.137. The standard InChI is InChI=1S/C26H20N6O2/c1-17-12-20(34-31-11-10-28-16-31)6-8-23(17)32-25-21-13-18(19-4-3-9-27-14-19)5-7-22(21)29-15-24(25)30(2)26(32)33/h3-16H,1-2H3. The Hall–Kier alpha value is -4.72. The maximum Gasteiger partial charge on any atom is 0.333 e. The Labute approximate surface area is 194 Å². The van der Waals surface area contributed by atoms with Gasteiger partial charge in [0.25, 0.3) is 0 Å². The van der Waals surface area contributed by atoms with Crippen molar-refractivity contribution in [2.45, 2.75) is 6.92 Å². The zero-order chi connectivity index (χ0) is 23.2. The molecular weight excluding hydrogens is 428 g/mol. The van der Waals surface area contributed by atoms with Crippen LogP contribution in [-0.4, -0.2) is 28.8 Å². The van der Waals surface area contributed by atoms with E-state index in [0.29, 0.717) is 5.75 Å². The lowest BCUT2D eigenvalue weighted by Crippen LogP contribution is -2.21. The number of hydrogen-bond acceptors (Lipinski definition) is 5. The van der Waals surface area contributed by atoms with E-state index in [1.807, 2.05) is 55.6 Å². The van der Waals surface area contributed by atoms with E-state index in [1.54, 1.807) is 47.3 Å². The average Bonchev–Trinajstić information content (AvgIpc) is 3.46. The minimum Gasteiger partial charge on any atom is -0.374 e. The quantitative estimate of drug-likeness (QED) is 0.402. The van der Waals surface area contributed by atoms with Crippen LogP contribution in [0.25, 0.3) is 38.8 Å². The predicted molar refractivity (Wildman–Crippen MR) is 130 cm³/mol. The minimum atomic E-state index is -0.137. The van der Waals surface area contributed by atoms with Gasteiger partial charge in [0.1, 0.15) is 6.33 Å². The first-order valence-electron chi connectivity index (χ1n) is 10.8. The number of aromatic nitrogens is 6. The summed E-state index contributed by atoms with van der Waals surface area (Å²) in [6, 6.07) is 15.7. The van der Waals surface area contributed by atoms with Gasteiger partial charge in [-0.1, -0.05) is 12.1 Å². The van der Waals surface area contributed by atoms with Gasteiger partial charge in [-0.15, -0.1) is 0 Å². The molecule has 0 spiro atoms. The molecule has 0 bridgehead atoms. The largest absolute Gasteiger partial charge is 0.374 e. The third-order valence-corrected chi connectivity index (χ3v) is 5.98. The first-order valence-corrected chi connectivity index (χ1v) is 10.8. The Morgan fingerprint density at radius 1 is 0.941 bits per heavy atom. The van der Waals surface area contributed by atoms with Crippen molar-refractivity contribution < 1.29 is 4.84 Å². The number of imidazole rings is 2. The number of pyridine rings is 2. The van der Waals surface area contributed by atoms with Crippen molar-refractivity contribution in [2.75, 3.05) is 0 Å². The van der Waals surface area contributed by atoms with Crippen LogP contribution in [0.1, 0.15) is 5.56 Å². The van der Waals surface area contributed by atoms with Crippen molar-refractivity contribution in [1.82, 2.24) is 28.8 Å². The van der Waals surface area contributed by atoms with Gasteiger partial charge in [-0.05, 0) is 54.4 Å². The van der Waals surface area contributed by atoms with Gasteiger partial charge in [0.05, 0.1) is 34.6 Å². The van der Waals surface area contributed by atoms with Crippen molar-refractivity contribution in [3.63, 3.8) is 0 Å². The van der Waals surface area contributed by atoms with E-state index in [4.69, 9.17) is 4.84 Å². The van der Waals surface area contributed by atoms with E-state index in [-0.39, 0.29) is 5.69 Å². The summed E-state index contributed by atoms with van der Waals surface area (Å²) < 4.78 is 4.91. The molecule has 0 saturated heterocycles. The van der Waals surface area contributed by atoms with E-state index in [9.17, 15) is 4.79 Å². The molecule has 6 aromatic rings. The molecule has 0 aliphatic rings. The van der Waals surface area contributed by atoms with Crippen LogP contribution >= 0.6 is 0 Å². The first kappa shape index (κ1) is 19.9. The number of aryl methyl sites for hydroxylation is 2. The Morgan fingerprint density at radius 2 is 1.85 bits per heavy atom. The summed E-state index contributed by atoms with van der Waals surface area (Å²) in [5, 5.41) is 0.898. The molecule has 0 aliphatic carbocycles. The van der Waals surface area contributed by atoms with E-state index in [0.717, 1.165) is 44.3 Å². The molecule has 4 aromatic heterocycles. The topological polar surface area (TPSA) is 79.8 Å². The van der Waals surface area contributed by atoms with E-state index in [2.05, 4.69) is 21.0 Å². The second-order valence-corrected chi connectivity index (χ2v) is 8.10. The number of benzene rings is 2. The van der Waals surface area contributed by atoms with Crippen LogP contribution in [0.5, 0.6) is 5.75 Å². The van der Waals surface area contributed by atoms with E-state index >= 15 is 0 Å². The summed E-state index contributed by atoms with van der Waals surface area (Å²) in [5.41, 5.74) is 5.96. The summed E-state index contributed by atoms with van der Waals surface area (Å²) in [6.07, 6.45) is 10.3. The van der Waals surface area contributed by atoms with Crippen LogP contribution in [0.15, 0.2) is 90.6 Å². The molecule has 2 aromatic carbocycles. The van der Waals surface area contributed by atoms with Gasteiger partial charge in [0.15, 0.2) is 5.75 Å². The zero-order valence-electron chi connectivity index (χ0n) is 18.6. The lowest BCUT2D eigenvalue weighted by Gasteiger charge is -2.12. The molecule has 0 aliphatic heterocycles. The second-order valence-electron chi connectivity index (χ2n) is 8.10. The van der Waals surface area contributed by atoms with Crippen LogP contribution in [0, 0.1) is 6.92 Å². The smallest absolute Gasteiger partial charge is 0.333 e. The highest BCUT2D eigenvalue weighted by atomic mass is 16.7. The normalized spacial score (nSPS) is 11.4. The Morgan fingerprint density at radius 3 is 2.62 bits per heavy atom. The van der Waals surface area contributed by atoms with Crippen molar-refractivity contribution in [3.05, 3.63) is 102 Å². The monoisotopic (exact) mass is 448 g/mol. The highest BCUT2D eigenvalue weighted by Gasteiger charge is 2.18. The molecule has 4 heterocycles. The van der Waals surface area contributed by atoms with Crippen LogP contribution in [-0.2, 0) is 7.05 Å². The maximum atomic E-state index is 13.4. The molecule has 0 atom stereocenters. The molecule has 8 nitrogen and oxygen atoms in total. The van der Waals surface area contributed by atoms with Gasteiger partial charge in [0, 0.05) is 36.6 Å². The summed E-state index contributed by atoms with van der Waals surface area (Å²) in [5.74, 6) is 0.651. The fourth-order valence-corrected chi connectivity index (χ4v) is 4.29. The fraction of sp³-hybridized carbons (Fsp3) is 0.0769. The van der Waals surface area contributed by atoms with Gasteiger partial charge in [-0.25, -0.2) is 9.78 Å². The van der Waals surface area contributed by atoms with Crippen molar-refractivity contribution in [1.29, 1.82) is 0 Å². The molecule has 0 saturated carbocycles. The van der Waals surface area contributed by atoms with Crippen LogP contribution < -0.4 is 10.5 Å². The van der Waals surface area contributed by atoms with Crippen LogP contribution in [0.2, 0.25) is 0 Å². The fourth-order valence-electron chi connectivity index (χ4n) is 4.29. The van der Waals surface area contributed by atoms with Gasteiger partial charge >= 0.3 is 5.69 Å². The third-order valence-electron chi connectivity index (χ3n) is 5.98. The molecule has 0 amide bonds. The van der Waals surface area contributed by atoms with Crippen LogP contribution in [0.3, 0.4) is 0 Å². The molecular formula is C26H20N6O2. The average molecular weight is 448 g/mol. The highest BCUT2D eigenvalue weighted by molar-refractivity contribution is 6.04. The molecule has 0 N–H and O–H groups in total. The Bertz CT molecular complexity index is 1720. The number of hydrogen-bond donors (Lipinski definition) is 0. The molecule has 34 heavy (non-hydrogen) atoms. The van der Waals surface area contributed by atoms with Gasteiger partial charge in [0.2, 0.25) is 0 Å². The SMILES string of the molecule is Cc1cc(On2ccnc2)ccc1-n1c(=O)n(C)c2cnc3ccc(-c4cccnc4)cc3c21.